The van der Waals surface area contributed by atoms with Gasteiger partial charge in [-0.1, -0.05) is 0 Å². The summed E-state index contributed by atoms with van der Waals surface area (Å²) in [6, 6.07) is 4.30. The van der Waals surface area contributed by atoms with Crippen LogP contribution < -0.4 is 15.2 Å². The van der Waals surface area contributed by atoms with E-state index in [9.17, 15) is 4.39 Å². The molecule has 0 fully saturated rings. The molecular weight excluding hydrogens is 490 g/mol. The number of aromatic nitrogens is 4. The number of nitrogen functional groups attached to an aromatic ring is 1. The van der Waals surface area contributed by atoms with Gasteiger partial charge in [-0.2, -0.15) is 14.4 Å². The molecule has 0 saturated heterocycles. The van der Waals surface area contributed by atoms with Crippen LogP contribution in [-0.2, 0) is 13.0 Å². The second-order valence-corrected chi connectivity index (χ2v) is 8.44. The second kappa shape index (κ2) is 7.90. The van der Waals surface area contributed by atoms with E-state index < -0.39 is 6.08 Å². The first-order chi connectivity index (χ1) is 13.8. The SMILES string of the molecule is CC(C)N(C)CCn1c(Cc2cc3c(cc2I)OCO3)nc2c(N)nc(F)nc21. The summed E-state index contributed by atoms with van der Waals surface area (Å²) in [6.45, 7) is 5.85. The number of hydrogen-bond acceptors (Lipinski definition) is 7. The molecule has 0 spiro atoms. The monoisotopic (exact) mass is 512 g/mol. The fraction of sp³-hybridized carbons (Fsp3) is 0.421. The van der Waals surface area contributed by atoms with E-state index in [1.807, 2.05) is 23.7 Å². The van der Waals surface area contributed by atoms with Crippen LogP contribution in [0.15, 0.2) is 12.1 Å². The molecule has 3 aromatic rings. The van der Waals surface area contributed by atoms with E-state index in [1.165, 1.54) is 0 Å². The molecule has 0 saturated carbocycles. The first-order valence-corrected chi connectivity index (χ1v) is 10.4. The smallest absolute Gasteiger partial charge is 0.312 e. The van der Waals surface area contributed by atoms with Crippen molar-refractivity contribution in [1.29, 1.82) is 0 Å². The lowest BCUT2D eigenvalue weighted by molar-refractivity contribution is 0.174. The zero-order valence-electron chi connectivity index (χ0n) is 16.4. The molecule has 0 radical (unpaired) electrons. The van der Waals surface area contributed by atoms with Gasteiger partial charge in [-0.25, -0.2) is 4.98 Å². The third kappa shape index (κ3) is 3.95. The number of nitrogens with zero attached hydrogens (tertiary/aromatic N) is 5. The molecule has 0 unspecified atom stereocenters. The highest BCUT2D eigenvalue weighted by molar-refractivity contribution is 14.1. The van der Waals surface area contributed by atoms with Crippen LogP contribution in [0.2, 0.25) is 0 Å². The Bertz CT molecular complexity index is 1070. The minimum atomic E-state index is -0.849. The van der Waals surface area contributed by atoms with Crippen molar-refractivity contribution < 1.29 is 13.9 Å². The van der Waals surface area contributed by atoms with E-state index in [0.717, 1.165) is 27.3 Å². The Labute approximate surface area is 181 Å². The predicted octanol–water partition coefficient (Wildman–Crippen LogP) is 2.81. The Kier molecular flexibility index (Phi) is 5.47. The van der Waals surface area contributed by atoms with E-state index in [-0.39, 0.29) is 12.6 Å². The van der Waals surface area contributed by atoms with Gasteiger partial charge in [-0.3, -0.25) is 0 Å². The molecule has 0 amide bonds. The van der Waals surface area contributed by atoms with Crippen molar-refractivity contribution in [1.82, 2.24) is 24.4 Å². The summed E-state index contributed by atoms with van der Waals surface area (Å²) in [5.41, 5.74) is 7.80. The number of hydrogen-bond donors (Lipinski definition) is 1. The second-order valence-electron chi connectivity index (χ2n) is 7.28. The normalized spacial score (nSPS) is 13.2. The Hall–Kier alpha value is -2.21. The highest BCUT2D eigenvalue weighted by atomic mass is 127. The van der Waals surface area contributed by atoms with E-state index in [4.69, 9.17) is 15.2 Å². The molecule has 0 bridgehead atoms. The van der Waals surface area contributed by atoms with Crippen LogP contribution in [0, 0.1) is 9.65 Å². The van der Waals surface area contributed by atoms with Crippen molar-refractivity contribution in [2.24, 2.45) is 0 Å². The lowest BCUT2D eigenvalue weighted by Gasteiger charge is -2.21. The van der Waals surface area contributed by atoms with Crippen molar-refractivity contribution in [3.63, 3.8) is 0 Å². The first kappa shape index (κ1) is 20.1. The molecule has 0 aliphatic carbocycles. The summed E-state index contributed by atoms with van der Waals surface area (Å²) < 4.78 is 27.8. The average molecular weight is 512 g/mol. The quantitative estimate of drug-likeness (QED) is 0.401. The van der Waals surface area contributed by atoms with Crippen LogP contribution in [0.25, 0.3) is 11.2 Å². The molecule has 3 heterocycles. The minimum absolute atomic E-state index is 0.0464. The van der Waals surface area contributed by atoms with Gasteiger partial charge in [0.05, 0.1) is 0 Å². The molecular formula is C19H22FIN6O2. The van der Waals surface area contributed by atoms with Crippen molar-refractivity contribution >= 4 is 39.6 Å². The van der Waals surface area contributed by atoms with Gasteiger partial charge in [0.15, 0.2) is 28.5 Å². The molecule has 1 aromatic carbocycles. The number of fused-ring (bicyclic) bond motifs is 2. The van der Waals surface area contributed by atoms with E-state index >= 15 is 0 Å². The fourth-order valence-electron chi connectivity index (χ4n) is 3.19. The van der Waals surface area contributed by atoms with Crippen molar-refractivity contribution in [2.45, 2.75) is 32.9 Å². The van der Waals surface area contributed by atoms with Gasteiger partial charge in [0.2, 0.25) is 6.79 Å². The zero-order valence-corrected chi connectivity index (χ0v) is 18.6. The topological polar surface area (TPSA) is 91.3 Å². The van der Waals surface area contributed by atoms with Crippen LogP contribution in [0.3, 0.4) is 0 Å². The molecule has 29 heavy (non-hydrogen) atoms. The average Bonchev–Trinajstić information content (AvgIpc) is 3.24. The number of ether oxygens (including phenoxy) is 2. The molecule has 4 rings (SSSR count). The van der Waals surface area contributed by atoms with Crippen LogP contribution >= 0.6 is 22.6 Å². The lowest BCUT2D eigenvalue weighted by Crippen LogP contribution is -2.30. The lowest BCUT2D eigenvalue weighted by atomic mass is 10.1. The molecule has 2 N–H and O–H groups in total. The largest absolute Gasteiger partial charge is 0.454 e. The number of nitrogens with two attached hydrogens (primary N) is 1. The molecule has 8 nitrogen and oxygen atoms in total. The Morgan fingerprint density at radius 1 is 1.24 bits per heavy atom. The Morgan fingerprint density at radius 2 is 1.97 bits per heavy atom. The van der Waals surface area contributed by atoms with Crippen molar-refractivity contribution in [3.05, 3.63) is 33.2 Å². The maximum atomic E-state index is 13.9. The number of benzene rings is 1. The van der Waals surface area contributed by atoms with Crippen molar-refractivity contribution in [3.8, 4) is 11.5 Å². The summed E-state index contributed by atoms with van der Waals surface area (Å²) in [6.07, 6.45) is -0.324. The maximum Gasteiger partial charge on any atom is 0.312 e. The first-order valence-electron chi connectivity index (χ1n) is 9.30. The fourth-order valence-corrected chi connectivity index (χ4v) is 3.82. The summed E-state index contributed by atoms with van der Waals surface area (Å²) in [7, 11) is 2.05. The van der Waals surface area contributed by atoms with Crippen LogP contribution in [-0.4, -0.2) is 50.8 Å². The van der Waals surface area contributed by atoms with Gasteiger partial charge >= 0.3 is 6.08 Å². The minimum Gasteiger partial charge on any atom is -0.454 e. The number of rotatable bonds is 6. The summed E-state index contributed by atoms with van der Waals surface area (Å²) >= 11 is 2.27. The highest BCUT2D eigenvalue weighted by Gasteiger charge is 2.21. The number of anilines is 1. The standard InChI is InChI=1S/C19H22FIN6O2/c1-10(2)26(3)4-5-27-15(23-16-17(22)24-19(20)25-18(16)27)7-11-6-13-14(8-12(11)21)29-9-28-13/h6,8,10H,4-5,7,9H2,1-3H3,(H2,22,24,25). The number of likely N-dealkylation sites (N-methyl/N-ethyl adjacent to an activating group) is 1. The number of halogens is 2. The number of imidazole rings is 1. The predicted molar refractivity (Wildman–Crippen MR) is 116 cm³/mol. The van der Waals surface area contributed by atoms with Crippen molar-refractivity contribution in [2.75, 3.05) is 26.1 Å². The van der Waals surface area contributed by atoms with Crippen LogP contribution in [0.1, 0.15) is 25.2 Å². The molecule has 2 aromatic heterocycles. The summed E-state index contributed by atoms with van der Waals surface area (Å²) in [5, 5.41) is 0. The van der Waals surface area contributed by atoms with E-state index in [2.05, 4.69) is 56.3 Å². The third-order valence-corrected chi connectivity index (χ3v) is 6.13. The van der Waals surface area contributed by atoms with Gasteiger partial charge in [0, 0.05) is 29.1 Å². The summed E-state index contributed by atoms with van der Waals surface area (Å²) in [4.78, 5) is 14.5. The molecule has 1 aliphatic heterocycles. The molecule has 0 atom stereocenters. The Morgan fingerprint density at radius 3 is 2.69 bits per heavy atom. The molecule has 1 aliphatic rings. The summed E-state index contributed by atoms with van der Waals surface area (Å²) in [5.74, 6) is 2.25. The Balaban J connectivity index is 1.75. The van der Waals surface area contributed by atoms with Gasteiger partial charge < -0.3 is 24.7 Å². The zero-order chi connectivity index (χ0) is 20.7. The maximum absolute atomic E-state index is 13.9. The van der Waals surface area contributed by atoms with Gasteiger partial charge in [0.1, 0.15) is 5.82 Å². The highest BCUT2D eigenvalue weighted by Crippen LogP contribution is 2.36. The molecule has 10 heteroatoms. The van der Waals surface area contributed by atoms with Crippen LogP contribution in [0.5, 0.6) is 11.5 Å². The van der Waals surface area contributed by atoms with E-state index in [0.29, 0.717) is 35.9 Å². The van der Waals surface area contributed by atoms with Crippen LogP contribution in [0.4, 0.5) is 10.2 Å². The van der Waals surface area contributed by atoms with Gasteiger partial charge in [-0.05, 0) is 61.2 Å². The molecule has 154 valence electrons. The van der Waals surface area contributed by atoms with Gasteiger partial charge in [0.25, 0.3) is 0 Å². The van der Waals surface area contributed by atoms with E-state index in [1.54, 1.807) is 0 Å². The van der Waals surface area contributed by atoms with Gasteiger partial charge in [-0.15, -0.1) is 0 Å². The third-order valence-electron chi connectivity index (χ3n) is 5.12.